The number of nitrogens with one attached hydrogen (secondary N) is 1. The van der Waals surface area contributed by atoms with E-state index in [9.17, 15) is 14.9 Å². The van der Waals surface area contributed by atoms with E-state index < -0.39 is 11.9 Å². The highest BCUT2D eigenvalue weighted by Crippen LogP contribution is 2.35. The van der Waals surface area contributed by atoms with Gasteiger partial charge in [0.2, 0.25) is 0 Å². The van der Waals surface area contributed by atoms with Gasteiger partial charge in [0, 0.05) is 10.7 Å². The van der Waals surface area contributed by atoms with Crippen molar-refractivity contribution in [3.8, 4) is 17.6 Å². The van der Waals surface area contributed by atoms with Crippen LogP contribution in [0, 0.1) is 14.9 Å². The van der Waals surface area contributed by atoms with Gasteiger partial charge in [-0.15, -0.1) is 0 Å². The normalized spacial score (nSPS) is 10.7. The summed E-state index contributed by atoms with van der Waals surface area (Å²) in [5, 5.41) is 12.6. The summed E-state index contributed by atoms with van der Waals surface area (Å²) in [5.41, 5.74) is 0.990. The number of nitriles is 1. The monoisotopic (exact) mass is 540 g/mol. The molecule has 0 aliphatic heterocycles. The van der Waals surface area contributed by atoms with Crippen LogP contribution in [0.1, 0.15) is 12.5 Å². The van der Waals surface area contributed by atoms with Crippen molar-refractivity contribution in [1.29, 1.82) is 5.26 Å². The fourth-order valence-corrected chi connectivity index (χ4v) is 3.22. The number of ether oxygens (including phenoxy) is 3. The highest BCUT2D eigenvalue weighted by atomic mass is 127. The zero-order chi connectivity index (χ0) is 22.1. The number of esters is 1. The first-order chi connectivity index (χ1) is 14.4. The number of anilines is 1. The Morgan fingerprint density at radius 1 is 1.23 bits per heavy atom. The third kappa shape index (κ3) is 6.64. The number of nitrogens with zero attached hydrogens (tertiary/aromatic N) is 1. The van der Waals surface area contributed by atoms with Gasteiger partial charge < -0.3 is 19.5 Å². The average Bonchev–Trinajstić information content (AvgIpc) is 2.72. The molecule has 0 radical (unpaired) electrons. The maximum Gasteiger partial charge on any atom is 0.343 e. The molecule has 0 bridgehead atoms. The molecule has 0 aliphatic rings. The van der Waals surface area contributed by atoms with Gasteiger partial charge in [0.1, 0.15) is 11.6 Å². The molecule has 1 N–H and O–H groups in total. The van der Waals surface area contributed by atoms with Gasteiger partial charge in [-0.3, -0.25) is 4.79 Å². The SMILES string of the molecule is CCOc1cc(/C=C(\C#N)C(=O)Nc2ccc(Cl)cc2)cc(I)c1OCC(=O)OC. The zero-order valence-corrected chi connectivity index (χ0v) is 19.1. The second kappa shape index (κ2) is 11.4. The van der Waals surface area contributed by atoms with E-state index in [0.717, 1.165) is 0 Å². The van der Waals surface area contributed by atoms with Crippen molar-refractivity contribution in [3.05, 3.63) is 56.1 Å². The molecule has 156 valence electrons. The van der Waals surface area contributed by atoms with Crippen LogP contribution in [0.25, 0.3) is 6.08 Å². The second-order valence-electron chi connectivity index (χ2n) is 5.76. The first kappa shape index (κ1) is 23.5. The van der Waals surface area contributed by atoms with Crippen molar-refractivity contribution in [3.63, 3.8) is 0 Å². The molecule has 2 aromatic rings. The fraction of sp³-hybridized carbons (Fsp3) is 0.190. The average molecular weight is 541 g/mol. The molecule has 30 heavy (non-hydrogen) atoms. The molecule has 0 aliphatic carbocycles. The maximum absolute atomic E-state index is 12.5. The molecule has 7 nitrogen and oxygen atoms in total. The topological polar surface area (TPSA) is 97.6 Å². The number of methoxy groups -OCH3 is 1. The number of benzene rings is 2. The first-order valence-corrected chi connectivity index (χ1v) is 10.2. The number of hydrogen-bond acceptors (Lipinski definition) is 6. The highest BCUT2D eigenvalue weighted by Gasteiger charge is 2.15. The number of carbonyl (C=O) groups excluding carboxylic acids is 2. The van der Waals surface area contributed by atoms with Crippen molar-refractivity contribution in [2.75, 3.05) is 25.6 Å². The van der Waals surface area contributed by atoms with Crippen molar-refractivity contribution in [1.82, 2.24) is 0 Å². The summed E-state index contributed by atoms with van der Waals surface area (Å²) in [5.74, 6) is -0.319. The Morgan fingerprint density at radius 2 is 1.93 bits per heavy atom. The molecule has 0 aromatic heterocycles. The summed E-state index contributed by atoms with van der Waals surface area (Å²) >= 11 is 7.86. The van der Waals surface area contributed by atoms with Crippen LogP contribution in [0.2, 0.25) is 5.02 Å². The molecule has 2 aromatic carbocycles. The molecule has 2 rings (SSSR count). The number of halogens is 2. The van der Waals surface area contributed by atoms with Gasteiger partial charge >= 0.3 is 5.97 Å². The molecule has 0 atom stereocenters. The van der Waals surface area contributed by atoms with Gasteiger partial charge in [0.05, 0.1) is 17.3 Å². The second-order valence-corrected chi connectivity index (χ2v) is 7.36. The lowest BCUT2D eigenvalue weighted by atomic mass is 10.1. The summed E-state index contributed by atoms with van der Waals surface area (Å²) in [6.07, 6.45) is 1.44. The fourth-order valence-electron chi connectivity index (χ4n) is 2.31. The number of rotatable bonds is 8. The Morgan fingerprint density at radius 3 is 2.53 bits per heavy atom. The first-order valence-electron chi connectivity index (χ1n) is 8.72. The highest BCUT2D eigenvalue weighted by molar-refractivity contribution is 14.1. The van der Waals surface area contributed by atoms with Gasteiger partial charge in [0.25, 0.3) is 5.91 Å². The Labute approximate surface area is 192 Å². The van der Waals surface area contributed by atoms with Crippen molar-refractivity contribution < 1.29 is 23.8 Å². The smallest absolute Gasteiger partial charge is 0.343 e. The predicted octanol–water partition coefficient (Wildman–Crippen LogP) is 4.44. The lowest BCUT2D eigenvalue weighted by Crippen LogP contribution is -2.14. The van der Waals surface area contributed by atoms with Gasteiger partial charge in [-0.1, -0.05) is 11.6 Å². The van der Waals surface area contributed by atoms with Crippen LogP contribution in [0.3, 0.4) is 0 Å². The molecule has 1 amide bonds. The van der Waals surface area contributed by atoms with Crippen LogP contribution in [0.5, 0.6) is 11.5 Å². The lowest BCUT2D eigenvalue weighted by molar-refractivity contribution is -0.142. The lowest BCUT2D eigenvalue weighted by Gasteiger charge is -2.14. The summed E-state index contributed by atoms with van der Waals surface area (Å²) in [4.78, 5) is 23.8. The van der Waals surface area contributed by atoms with Crippen molar-refractivity contribution in [2.24, 2.45) is 0 Å². The molecule has 9 heteroatoms. The number of carbonyl (C=O) groups is 2. The van der Waals surface area contributed by atoms with E-state index in [1.165, 1.54) is 13.2 Å². The van der Waals surface area contributed by atoms with Gasteiger partial charge in [-0.05, 0) is 77.6 Å². The van der Waals surface area contributed by atoms with Crippen LogP contribution >= 0.6 is 34.2 Å². The maximum atomic E-state index is 12.5. The predicted molar refractivity (Wildman–Crippen MR) is 122 cm³/mol. The summed E-state index contributed by atoms with van der Waals surface area (Å²) in [6.45, 7) is 1.90. The molecule has 0 unspecified atom stereocenters. The van der Waals surface area contributed by atoms with E-state index in [4.69, 9.17) is 21.1 Å². The van der Waals surface area contributed by atoms with Crippen LogP contribution in [0.4, 0.5) is 5.69 Å². The number of hydrogen-bond donors (Lipinski definition) is 1. The standard InChI is InChI=1S/C21H18ClIN2O5/c1-3-29-18-10-13(9-17(23)20(18)30-12-19(26)28-2)8-14(11-24)21(27)25-16-6-4-15(22)5-7-16/h4-10H,3,12H2,1-2H3,(H,25,27)/b14-8+. The molecule has 0 saturated heterocycles. The largest absolute Gasteiger partial charge is 0.490 e. The summed E-state index contributed by atoms with van der Waals surface area (Å²) in [6, 6.07) is 11.8. The van der Waals surface area contributed by atoms with E-state index in [1.807, 2.05) is 28.7 Å². The molecule has 0 heterocycles. The van der Waals surface area contributed by atoms with Crippen molar-refractivity contribution in [2.45, 2.75) is 6.92 Å². The molecular formula is C21H18ClIN2O5. The van der Waals surface area contributed by atoms with Crippen LogP contribution in [0.15, 0.2) is 42.0 Å². The third-order valence-electron chi connectivity index (χ3n) is 3.67. The van der Waals surface area contributed by atoms with E-state index in [2.05, 4.69) is 10.1 Å². The van der Waals surface area contributed by atoms with Crippen LogP contribution in [-0.2, 0) is 14.3 Å². The molecular weight excluding hydrogens is 523 g/mol. The Balaban J connectivity index is 2.30. The summed E-state index contributed by atoms with van der Waals surface area (Å²) in [7, 11) is 1.27. The molecule has 0 spiro atoms. The summed E-state index contributed by atoms with van der Waals surface area (Å²) < 4.78 is 16.3. The third-order valence-corrected chi connectivity index (χ3v) is 4.73. The van der Waals surface area contributed by atoms with Gasteiger partial charge in [0.15, 0.2) is 18.1 Å². The van der Waals surface area contributed by atoms with Gasteiger partial charge in [-0.2, -0.15) is 5.26 Å². The zero-order valence-electron chi connectivity index (χ0n) is 16.2. The van der Waals surface area contributed by atoms with E-state index in [-0.39, 0.29) is 12.2 Å². The Bertz CT molecular complexity index is 1000. The minimum Gasteiger partial charge on any atom is -0.490 e. The Kier molecular flexibility index (Phi) is 8.95. The molecule has 0 fully saturated rings. The molecule has 0 saturated carbocycles. The minimum absolute atomic E-state index is 0.0913. The minimum atomic E-state index is -0.557. The van der Waals surface area contributed by atoms with Gasteiger partial charge in [-0.25, -0.2) is 4.79 Å². The van der Waals surface area contributed by atoms with Crippen molar-refractivity contribution >= 4 is 57.8 Å². The Hall–Kier alpha value is -2.77. The quantitative estimate of drug-likeness (QED) is 0.230. The number of amides is 1. The van der Waals surface area contributed by atoms with Crippen LogP contribution in [-0.4, -0.2) is 32.2 Å². The van der Waals surface area contributed by atoms with Crippen LogP contribution < -0.4 is 14.8 Å². The van der Waals surface area contributed by atoms with E-state index in [0.29, 0.717) is 37.9 Å². The van der Waals surface area contributed by atoms with E-state index >= 15 is 0 Å². The van der Waals surface area contributed by atoms with E-state index in [1.54, 1.807) is 43.3 Å².